The van der Waals surface area contributed by atoms with Crippen molar-refractivity contribution in [2.75, 3.05) is 6.54 Å². The Morgan fingerprint density at radius 3 is 2.56 bits per heavy atom. The summed E-state index contributed by atoms with van der Waals surface area (Å²) in [6.07, 6.45) is 4.26. The van der Waals surface area contributed by atoms with E-state index in [2.05, 4.69) is 0 Å². The fraction of sp³-hybridized carbons (Fsp3) is 0.538. The molecule has 3 N–H and O–H groups in total. The molecular weight excluding hydrogens is 205 g/mol. The van der Waals surface area contributed by atoms with Crippen LogP contribution in [-0.4, -0.2) is 11.7 Å². The van der Waals surface area contributed by atoms with Gasteiger partial charge in [-0.15, -0.1) is 0 Å². The molecule has 1 aromatic rings. The van der Waals surface area contributed by atoms with Crippen molar-refractivity contribution >= 4 is 0 Å². The Bertz CT molecular complexity index is 372. The quantitative estimate of drug-likeness (QED) is 0.827. The molecule has 0 aliphatic heterocycles. The highest BCUT2D eigenvalue weighted by atomic mass is 19.1. The van der Waals surface area contributed by atoms with E-state index in [0.29, 0.717) is 12.1 Å². The summed E-state index contributed by atoms with van der Waals surface area (Å²) in [4.78, 5) is 0. The van der Waals surface area contributed by atoms with E-state index in [4.69, 9.17) is 5.73 Å². The largest absolute Gasteiger partial charge is 0.508 e. The maximum Gasteiger partial charge on any atom is 0.119 e. The Kier molecular flexibility index (Phi) is 3.15. The van der Waals surface area contributed by atoms with E-state index < -0.39 is 6.67 Å². The second kappa shape index (κ2) is 4.42. The number of hydrogen-bond acceptors (Lipinski definition) is 2. The Hall–Kier alpha value is -1.09. The first kappa shape index (κ1) is 11.4. The summed E-state index contributed by atoms with van der Waals surface area (Å²) in [5, 5.41) is 9.91. The number of hydrogen-bond donors (Lipinski definition) is 2. The zero-order valence-electron chi connectivity index (χ0n) is 9.38. The first-order valence-electron chi connectivity index (χ1n) is 5.80. The van der Waals surface area contributed by atoms with Gasteiger partial charge in [0.25, 0.3) is 0 Å². The molecule has 1 fully saturated rings. The molecule has 88 valence electrons. The number of alkyl halides is 1. The third-order valence-corrected chi connectivity index (χ3v) is 3.74. The first-order valence-corrected chi connectivity index (χ1v) is 5.80. The van der Waals surface area contributed by atoms with Crippen molar-refractivity contribution in [2.45, 2.75) is 37.8 Å². The summed E-state index contributed by atoms with van der Waals surface area (Å²) >= 11 is 0. The van der Waals surface area contributed by atoms with Crippen LogP contribution in [0.15, 0.2) is 18.2 Å². The van der Waals surface area contributed by atoms with Crippen LogP contribution in [-0.2, 0) is 12.1 Å². The SMILES string of the molecule is NCC1(c2cc(CF)ccc2O)CCCC1. The van der Waals surface area contributed by atoms with Crippen molar-refractivity contribution in [3.05, 3.63) is 29.3 Å². The van der Waals surface area contributed by atoms with Crippen LogP contribution >= 0.6 is 0 Å². The van der Waals surface area contributed by atoms with Gasteiger partial charge in [0.1, 0.15) is 12.4 Å². The average Bonchev–Trinajstić information content (AvgIpc) is 2.79. The second-order valence-electron chi connectivity index (χ2n) is 4.68. The Morgan fingerprint density at radius 2 is 2.00 bits per heavy atom. The van der Waals surface area contributed by atoms with Gasteiger partial charge in [-0.25, -0.2) is 4.39 Å². The minimum atomic E-state index is -0.492. The Labute approximate surface area is 95.3 Å². The molecular formula is C13H18FNO. The van der Waals surface area contributed by atoms with Crippen LogP contribution in [0.3, 0.4) is 0 Å². The number of aromatic hydroxyl groups is 1. The normalized spacial score (nSPS) is 18.9. The highest BCUT2D eigenvalue weighted by Gasteiger charge is 2.36. The smallest absolute Gasteiger partial charge is 0.119 e. The molecule has 0 amide bonds. The molecule has 0 aromatic heterocycles. The molecule has 3 heteroatoms. The lowest BCUT2D eigenvalue weighted by Gasteiger charge is -2.29. The van der Waals surface area contributed by atoms with E-state index in [9.17, 15) is 9.50 Å². The summed E-state index contributed by atoms with van der Waals surface area (Å²) < 4.78 is 12.6. The molecule has 0 heterocycles. The summed E-state index contributed by atoms with van der Waals surface area (Å²) in [6.45, 7) is 0.0320. The summed E-state index contributed by atoms with van der Waals surface area (Å²) in [5.41, 5.74) is 7.18. The summed E-state index contributed by atoms with van der Waals surface area (Å²) in [6, 6.07) is 4.98. The third-order valence-electron chi connectivity index (χ3n) is 3.74. The van der Waals surface area contributed by atoms with Crippen molar-refractivity contribution in [2.24, 2.45) is 5.73 Å². The molecule has 1 saturated carbocycles. The van der Waals surface area contributed by atoms with Gasteiger partial charge in [0, 0.05) is 17.5 Å². The monoisotopic (exact) mass is 223 g/mol. The van der Waals surface area contributed by atoms with Crippen LogP contribution in [0.5, 0.6) is 5.75 Å². The molecule has 2 rings (SSSR count). The number of benzene rings is 1. The molecule has 0 spiro atoms. The topological polar surface area (TPSA) is 46.2 Å². The van der Waals surface area contributed by atoms with Crippen LogP contribution in [0.25, 0.3) is 0 Å². The van der Waals surface area contributed by atoms with Crippen LogP contribution < -0.4 is 5.73 Å². The highest BCUT2D eigenvalue weighted by Crippen LogP contribution is 2.44. The van der Waals surface area contributed by atoms with E-state index in [1.54, 1.807) is 18.2 Å². The van der Waals surface area contributed by atoms with Crippen molar-refractivity contribution in [3.8, 4) is 5.75 Å². The summed E-state index contributed by atoms with van der Waals surface area (Å²) in [7, 11) is 0. The van der Waals surface area contributed by atoms with Gasteiger partial charge in [-0.1, -0.05) is 18.9 Å². The fourth-order valence-electron chi connectivity index (χ4n) is 2.73. The van der Waals surface area contributed by atoms with E-state index in [0.717, 1.165) is 31.2 Å². The zero-order valence-corrected chi connectivity index (χ0v) is 9.38. The van der Waals surface area contributed by atoms with Gasteiger partial charge < -0.3 is 10.8 Å². The molecule has 0 bridgehead atoms. The predicted molar refractivity (Wildman–Crippen MR) is 62.1 cm³/mol. The molecule has 0 saturated heterocycles. The number of phenols is 1. The maximum atomic E-state index is 12.6. The number of rotatable bonds is 3. The predicted octanol–water partition coefficient (Wildman–Crippen LogP) is 2.63. The third kappa shape index (κ3) is 1.80. The van der Waals surface area contributed by atoms with Crippen LogP contribution in [0, 0.1) is 0 Å². The van der Waals surface area contributed by atoms with Crippen molar-refractivity contribution in [3.63, 3.8) is 0 Å². The van der Waals surface area contributed by atoms with E-state index in [-0.39, 0.29) is 11.2 Å². The van der Waals surface area contributed by atoms with Crippen molar-refractivity contribution < 1.29 is 9.50 Å². The second-order valence-corrected chi connectivity index (χ2v) is 4.68. The van der Waals surface area contributed by atoms with Crippen molar-refractivity contribution in [1.82, 2.24) is 0 Å². The standard InChI is InChI=1S/C13H18FNO/c14-8-10-3-4-12(16)11(7-10)13(9-15)5-1-2-6-13/h3-4,7,16H,1-2,5-6,8-9,15H2. The minimum absolute atomic E-state index is 0.130. The molecule has 0 radical (unpaired) electrons. The fourth-order valence-corrected chi connectivity index (χ4v) is 2.73. The van der Waals surface area contributed by atoms with Gasteiger partial charge in [0.2, 0.25) is 0 Å². The van der Waals surface area contributed by atoms with E-state index >= 15 is 0 Å². The number of halogens is 1. The Balaban J connectivity index is 2.44. The molecule has 1 aliphatic carbocycles. The lowest BCUT2D eigenvalue weighted by molar-refractivity contribution is 0.403. The Morgan fingerprint density at radius 1 is 1.31 bits per heavy atom. The van der Waals surface area contributed by atoms with Crippen LogP contribution in [0.2, 0.25) is 0 Å². The van der Waals surface area contributed by atoms with Gasteiger partial charge >= 0.3 is 0 Å². The molecule has 2 nitrogen and oxygen atoms in total. The van der Waals surface area contributed by atoms with Gasteiger partial charge in [-0.3, -0.25) is 0 Å². The van der Waals surface area contributed by atoms with E-state index in [1.165, 1.54) is 0 Å². The lowest BCUT2D eigenvalue weighted by Crippen LogP contribution is -2.32. The molecule has 0 atom stereocenters. The summed E-state index contributed by atoms with van der Waals surface area (Å²) in [5.74, 6) is 0.254. The van der Waals surface area contributed by atoms with Gasteiger partial charge in [0.15, 0.2) is 0 Å². The van der Waals surface area contributed by atoms with Gasteiger partial charge in [-0.2, -0.15) is 0 Å². The minimum Gasteiger partial charge on any atom is -0.508 e. The van der Waals surface area contributed by atoms with Gasteiger partial charge in [-0.05, 0) is 30.5 Å². The van der Waals surface area contributed by atoms with Gasteiger partial charge in [0.05, 0.1) is 0 Å². The van der Waals surface area contributed by atoms with E-state index in [1.807, 2.05) is 0 Å². The zero-order chi connectivity index (χ0) is 11.6. The van der Waals surface area contributed by atoms with Crippen LogP contribution in [0.4, 0.5) is 4.39 Å². The average molecular weight is 223 g/mol. The molecule has 16 heavy (non-hydrogen) atoms. The highest BCUT2D eigenvalue weighted by molar-refractivity contribution is 5.42. The lowest BCUT2D eigenvalue weighted by atomic mass is 9.78. The molecule has 1 aromatic carbocycles. The van der Waals surface area contributed by atoms with Crippen LogP contribution in [0.1, 0.15) is 36.8 Å². The maximum absolute atomic E-state index is 12.6. The number of phenolic OH excluding ortho intramolecular Hbond substituents is 1. The molecule has 1 aliphatic rings. The molecule has 0 unspecified atom stereocenters. The van der Waals surface area contributed by atoms with Crippen molar-refractivity contribution in [1.29, 1.82) is 0 Å². The first-order chi connectivity index (χ1) is 7.72. The number of nitrogens with two attached hydrogens (primary N) is 1.